The summed E-state index contributed by atoms with van der Waals surface area (Å²) in [5.74, 6) is -0.725. The number of aromatic nitrogens is 1. The molecule has 2 atom stereocenters. The van der Waals surface area contributed by atoms with Crippen LogP contribution >= 0.6 is 11.6 Å². The van der Waals surface area contributed by atoms with Crippen LogP contribution in [0.25, 0.3) is 11.8 Å². The number of allylic oxidation sites excluding steroid dienone is 1. The fraction of sp³-hybridized carbons (Fsp3) is 0.160. The normalized spacial score (nSPS) is 18.2. The van der Waals surface area contributed by atoms with Crippen LogP contribution in [0, 0.1) is 42.4 Å². The van der Waals surface area contributed by atoms with Gasteiger partial charge in [0.15, 0.2) is 0 Å². The van der Waals surface area contributed by atoms with Crippen LogP contribution in [-0.4, -0.2) is 16.4 Å². The topological polar surface area (TPSA) is 94.1 Å². The summed E-state index contributed by atoms with van der Waals surface area (Å²) in [6.45, 7) is 3.98. The predicted molar refractivity (Wildman–Crippen MR) is 127 cm³/mol. The molecule has 0 radical (unpaired) electrons. The van der Waals surface area contributed by atoms with E-state index in [-0.39, 0.29) is 0 Å². The zero-order valence-corrected chi connectivity index (χ0v) is 18.5. The Hall–Kier alpha value is -3.84. The molecular formula is C25H21ClN6. The Morgan fingerprint density at radius 2 is 1.78 bits per heavy atom. The molecule has 2 aromatic carbocycles. The lowest BCUT2D eigenvalue weighted by molar-refractivity contribution is 0.624. The molecule has 6 nitrogen and oxygen atoms in total. The van der Waals surface area contributed by atoms with Gasteiger partial charge >= 0.3 is 0 Å². The van der Waals surface area contributed by atoms with E-state index in [1.54, 1.807) is 11.1 Å². The maximum absolute atomic E-state index is 9.93. The van der Waals surface area contributed by atoms with Gasteiger partial charge in [0.25, 0.3) is 0 Å². The van der Waals surface area contributed by atoms with Crippen LogP contribution in [0.15, 0.2) is 71.3 Å². The van der Waals surface area contributed by atoms with Crippen molar-refractivity contribution in [3.8, 4) is 17.8 Å². The quantitative estimate of drug-likeness (QED) is 0.580. The lowest BCUT2D eigenvalue weighted by Gasteiger charge is -2.21. The highest BCUT2D eigenvalue weighted by molar-refractivity contribution is 6.30. The Morgan fingerprint density at radius 1 is 1.06 bits per heavy atom. The van der Waals surface area contributed by atoms with Gasteiger partial charge in [-0.05, 0) is 61.9 Å². The summed E-state index contributed by atoms with van der Waals surface area (Å²) < 4.78 is 2.08. The number of halogens is 1. The molecule has 0 aliphatic carbocycles. The summed E-state index contributed by atoms with van der Waals surface area (Å²) in [5.41, 5.74) is 11.5. The molecular weight excluding hydrogens is 420 g/mol. The summed E-state index contributed by atoms with van der Waals surface area (Å²) in [6, 6.07) is 23.4. The van der Waals surface area contributed by atoms with E-state index in [1.165, 1.54) is 0 Å². The Bertz CT molecular complexity index is 1310. The van der Waals surface area contributed by atoms with E-state index in [1.807, 2.05) is 74.5 Å². The third-order valence-electron chi connectivity index (χ3n) is 5.53. The van der Waals surface area contributed by atoms with Gasteiger partial charge in [0.2, 0.25) is 0 Å². The number of benzene rings is 2. The van der Waals surface area contributed by atoms with Crippen LogP contribution < -0.4 is 10.7 Å². The van der Waals surface area contributed by atoms with E-state index >= 15 is 0 Å². The van der Waals surface area contributed by atoms with Crippen LogP contribution in [0.3, 0.4) is 0 Å². The number of nitrogens with two attached hydrogens (primary N) is 1. The number of hydrogen-bond donors (Lipinski definition) is 1. The average molecular weight is 441 g/mol. The summed E-state index contributed by atoms with van der Waals surface area (Å²) >= 11 is 6.18. The average Bonchev–Trinajstić information content (AvgIpc) is 3.27. The highest BCUT2D eigenvalue weighted by Gasteiger charge is 2.37. The molecule has 2 heterocycles. The van der Waals surface area contributed by atoms with E-state index in [9.17, 15) is 10.5 Å². The number of para-hydroxylation sites is 1. The molecule has 0 unspecified atom stereocenters. The second kappa shape index (κ2) is 8.72. The van der Waals surface area contributed by atoms with Gasteiger partial charge in [0, 0.05) is 22.1 Å². The van der Waals surface area contributed by atoms with E-state index in [4.69, 9.17) is 17.3 Å². The van der Waals surface area contributed by atoms with Crippen molar-refractivity contribution in [2.45, 2.75) is 20.0 Å². The fourth-order valence-electron chi connectivity index (χ4n) is 3.98. The molecule has 0 bridgehead atoms. The van der Waals surface area contributed by atoms with Crippen molar-refractivity contribution >= 4 is 29.1 Å². The first-order valence-corrected chi connectivity index (χ1v) is 10.5. The Balaban J connectivity index is 1.77. The van der Waals surface area contributed by atoms with Crippen LogP contribution in [0.4, 0.5) is 5.69 Å². The van der Waals surface area contributed by atoms with Gasteiger partial charge < -0.3 is 10.3 Å². The molecule has 0 amide bonds. The molecule has 2 N–H and O–H groups in total. The molecule has 32 heavy (non-hydrogen) atoms. The lowest BCUT2D eigenvalue weighted by atomic mass is 9.95. The number of anilines is 1. The molecule has 0 fully saturated rings. The van der Waals surface area contributed by atoms with Crippen molar-refractivity contribution in [3.05, 3.63) is 88.2 Å². The molecule has 0 saturated carbocycles. The molecule has 4 rings (SSSR count). The van der Waals surface area contributed by atoms with Crippen molar-refractivity contribution < 1.29 is 0 Å². The number of hydrazone groups is 1. The van der Waals surface area contributed by atoms with Crippen molar-refractivity contribution in [1.29, 1.82) is 10.5 Å². The molecule has 158 valence electrons. The number of hydrogen-bond acceptors (Lipinski definition) is 5. The second-order valence-electron chi connectivity index (χ2n) is 7.57. The molecule has 1 aliphatic rings. The molecule has 3 aromatic rings. The monoisotopic (exact) mass is 440 g/mol. The Kier molecular flexibility index (Phi) is 5.83. The number of nitriles is 2. The van der Waals surface area contributed by atoms with Gasteiger partial charge in [-0.15, -0.1) is 0 Å². The van der Waals surface area contributed by atoms with E-state index in [0.717, 1.165) is 28.3 Å². The molecule has 0 saturated heterocycles. The van der Waals surface area contributed by atoms with Crippen molar-refractivity contribution in [2.24, 2.45) is 16.8 Å². The summed E-state index contributed by atoms with van der Waals surface area (Å²) in [6.07, 6.45) is 1.10. The van der Waals surface area contributed by atoms with Crippen molar-refractivity contribution in [1.82, 2.24) is 4.57 Å². The number of nitrogens with zero attached hydrogens (tertiary/aromatic N) is 5. The molecule has 7 heteroatoms. The lowest BCUT2D eigenvalue weighted by Crippen LogP contribution is -2.40. The SMILES string of the molecule is Cc1cc(/C=C(/C#N)C2=NN(c3ccccc3)[C@@H](N)[C@@H]2C#N)c(C)n1-c1cccc(Cl)c1. The largest absolute Gasteiger partial charge is 0.318 e. The van der Waals surface area contributed by atoms with Crippen LogP contribution in [0.5, 0.6) is 0 Å². The summed E-state index contributed by atoms with van der Waals surface area (Å²) in [7, 11) is 0. The number of rotatable bonds is 4. The van der Waals surface area contributed by atoms with Crippen LogP contribution in [-0.2, 0) is 0 Å². The first kappa shape index (κ1) is 21.4. The fourth-order valence-corrected chi connectivity index (χ4v) is 4.17. The number of aryl methyl sites for hydroxylation is 1. The maximum Gasteiger partial charge on any atom is 0.127 e. The maximum atomic E-state index is 9.93. The van der Waals surface area contributed by atoms with Gasteiger partial charge in [0.1, 0.15) is 18.2 Å². The van der Waals surface area contributed by atoms with E-state index in [2.05, 4.69) is 21.8 Å². The zero-order chi connectivity index (χ0) is 22.8. The van der Waals surface area contributed by atoms with Gasteiger partial charge in [-0.25, -0.2) is 5.01 Å². The van der Waals surface area contributed by atoms with Gasteiger partial charge in [-0.1, -0.05) is 35.9 Å². The summed E-state index contributed by atoms with van der Waals surface area (Å²) in [4.78, 5) is 0. The second-order valence-corrected chi connectivity index (χ2v) is 8.01. The van der Waals surface area contributed by atoms with E-state index in [0.29, 0.717) is 16.3 Å². The van der Waals surface area contributed by atoms with Crippen LogP contribution in [0.1, 0.15) is 17.0 Å². The summed E-state index contributed by atoms with van der Waals surface area (Å²) in [5, 5.41) is 26.5. The van der Waals surface area contributed by atoms with Gasteiger partial charge in [0.05, 0.1) is 23.0 Å². The zero-order valence-electron chi connectivity index (χ0n) is 17.7. The highest BCUT2D eigenvalue weighted by Crippen LogP contribution is 2.30. The highest BCUT2D eigenvalue weighted by atomic mass is 35.5. The first-order valence-electron chi connectivity index (χ1n) is 10.1. The molecule has 0 spiro atoms. The van der Waals surface area contributed by atoms with Crippen molar-refractivity contribution in [2.75, 3.05) is 5.01 Å². The minimum Gasteiger partial charge on any atom is -0.318 e. The smallest absolute Gasteiger partial charge is 0.127 e. The Morgan fingerprint density at radius 3 is 2.44 bits per heavy atom. The standard InChI is InChI=1S/C25H21ClN6/c1-16-11-18(17(2)31(16)22-10-6-7-20(26)13-22)12-19(14-27)24-23(15-28)25(29)32(30-24)21-8-4-3-5-9-21/h3-13,23,25H,29H2,1-2H3/b19-12-/t23-,25-/m1/s1. The minimum absolute atomic E-state index is 0.316. The van der Waals surface area contributed by atoms with E-state index < -0.39 is 12.1 Å². The predicted octanol–water partition coefficient (Wildman–Crippen LogP) is 4.96. The third-order valence-corrected chi connectivity index (χ3v) is 5.76. The minimum atomic E-state index is -0.725. The van der Waals surface area contributed by atoms with Gasteiger partial charge in [-0.2, -0.15) is 15.6 Å². The van der Waals surface area contributed by atoms with Gasteiger partial charge in [-0.3, -0.25) is 0 Å². The third kappa shape index (κ3) is 3.78. The molecule has 1 aromatic heterocycles. The van der Waals surface area contributed by atoms with Crippen molar-refractivity contribution in [3.63, 3.8) is 0 Å². The first-order chi connectivity index (χ1) is 15.4. The van der Waals surface area contributed by atoms with Crippen LogP contribution in [0.2, 0.25) is 5.02 Å². The molecule has 1 aliphatic heterocycles. The Labute approximate surface area is 192 Å².